The molecule has 0 saturated heterocycles. The van der Waals surface area contributed by atoms with Crippen LogP contribution in [-0.4, -0.2) is 17.2 Å². The highest BCUT2D eigenvalue weighted by molar-refractivity contribution is 9.10. The van der Waals surface area contributed by atoms with Gasteiger partial charge in [-0.2, -0.15) is 0 Å². The summed E-state index contributed by atoms with van der Waals surface area (Å²) >= 11 is 3.55. The van der Waals surface area contributed by atoms with Gasteiger partial charge in [0.1, 0.15) is 22.3 Å². The van der Waals surface area contributed by atoms with Gasteiger partial charge in [0.05, 0.1) is 0 Å². The first kappa shape index (κ1) is 32.8. The van der Waals surface area contributed by atoms with Gasteiger partial charge in [0.25, 0.3) is 0 Å². The molecule has 0 radical (unpaired) electrons. The van der Waals surface area contributed by atoms with Crippen LogP contribution in [0.3, 0.4) is 0 Å². The van der Waals surface area contributed by atoms with Crippen molar-refractivity contribution in [1.82, 2.24) is 0 Å². The fourth-order valence-electron chi connectivity index (χ4n) is 7.91. The number of hydrogen-bond acceptors (Lipinski definition) is 6. The average Bonchev–Trinajstić information content (AvgIpc) is 4.01. The van der Waals surface area contributed by atoms with Crippen LogP contribution in [0.25, 0.3) is 110 Å². The van der Waals surface area contributed by atoms with Crippen molar-refractivity contribution in [3.05, 3.63) is 162 Å². The molecule has 6 nitrogen and oxygen atoms in total. The molecule has 0 aliphatic carbocycles. The van der Waals surface area contributed by atoms with Gasteiger partial charge in [-0.15, -0.1) is 0 Å². The van der Waals surface area contributed by atoms with Gasteiger partial charge in [-0.25, -0.2) is 0 Å². The predicted molar refractivity (Wildman–Crippen MR) is 230 cm³/mol. The highest BCUT2D eigenvalue weighted by Gasteiger charge is 2.20. The molecular weight excluding hydrogens is 763 g/mol. The maximum atomic E-state index is 9.49. The molecule has 12 aromatic rings. The summed E-state index contributed by atoms with van der Waals surface area (Å²) in [6.07, 6.45) is 0. The van der Waals surface area contributed by atoms with E-state index in [-0.39, 0.29) is 0 Å². The van der Waals surface area contributed by atoms with E-state index in [4.69, 9.17) is 17.7 Å². The summed E-state index contributed by atoms with van der Waals surface area (Å²) in [5, 5.41) is 27.1. The van der Waals surface area contributed by atoms with Gasteiger partial charge >= 0.3 is 7.12 Å². The fraction of sp³-hybridized carbons (Fsp3) is 0. The van der Waals surface area contributed by atoms with Crippen molar-refractivity contribution in [2.75, 3.05) is 0 Å². The van der Waals surface area contributed by atoms with E-state index in [9.17, 15) is 10.0 Å². The molecule has 0 unspecified atom stereocenters. The number of benzene rings is 8. The van der Waals surface area contributed by atoms with Crippen molar-refractivity contribution >= 4 is 116 Å². The van der Waals surface area contributed by atoms with Crippen LogP contribution in [0.1, 0.15) is 0 Å². The van der Waals surface area contributed by atoms with Crippen LogP contribution in [0.2, 0.25) is 0 Å². The first-order chi connectivity index (χ1) is 27.5. The normalized spacial score (nSPS) is 11.8. The van der Waals surface area contributed by atoms with E-state index in [2.05, 4.69) is 94.8 Å². The number of furan rings is 4. The van der Waals surface area contributed by atoms with E-state index < -0.39 is 7.12 Å². The van der Waals surface area contributed by atoms with Crippen LogP contribution in [-0.2, 0) is 0 Å². The second-order valence-electron chi connectivity index (χ2n) is 14.0. The zero-order valence-electron chi connectivity index (χ0n) is 29.5. The number of hydrogen-bond donors (Lipinski definition) is 2. The summed E-state index contributed by atoms with van der Waals surface area (Å²) in [5.41, 5.74) is 11.3. The minimum Gasteiger partial charge on any atom is -0.452 e. The lowest BCUT2D eigenvalue weighted by Crippen LogP contribution is -2.29. The van der Waals surface area contributed by atoms with Crippen molar-refractivity contribution in [3.63, 3.8) is 0 Å². The van der Waals surface area contributed by atoms with E-state index in [0.717, 1.165) is 86.6 Å². The topological polar surface area (TPSA) is 93.0 Å². The average molecular weight is 791 g/mol. The van der Waals surface area contributed by atoms with Crippen molar-refractivity contribution in [2.24, 2.45) is 0 Å². The predicted octanol–water partition coefficient (Wildman–Crippen LogP) is 12.7. The van der Waals surface area contributed by atoms with E-state index >= 15 is 0 Å². The summed E-state index contributed by atoms with van der Waals surface area (Å²) in [5.74, 6) is 0. The molecule has 0 amide bonds. The van der Waals surface area contributed by atoms with Gasteiger partial charge in [-0.05, 0) is 101 Å². The Morgan fingerprint density at radius 3 is 1.14 bits per heavy atom. The van der Waals surface area contributed by atoms with Gasteiger partial charge in [0.15, 0.2) is 22.3 Å². The number of halogens is 1. The number of rotatable bonds is 3. The quantitative estimate of drug-likeness (QED) is 0.173. The fourth-order valence-corrected chi connectivity index (χ4v) is 8.27. The Morgan fingerprint density at radius 1 is 0.339 bits per heavy atom. The second kappa shape index (κ2) is 12.7. The SMILES string of the molecule is Brc1ccc2oc3c(ccc4c5cc(-c6ccccc6)ccc5oc43)c2c1.OB(O)c1ccc2oc3c(ccc4c5cc(-c6ccccc6)ccc5oc43)c2c1. The Kier molecular flexibility index (Phi) is 7.47. The third-order valence-corrected chi connectivity index (χ3v) is 11.1. The van der Waals surface area contributed by atoms with Crippen LogP contribution in [0, 0.1) is 0 Å². The van der Waals surface area contributed by atoms with Gasteiger partial charge in [0, 0.05) is 47.6 Å². The highest BCUT2D eigenvalue weighted by atomic mass is 79.9. The van der Waals surface area contributed by atoms with Crippen LogP contribution >= 0.6 is 15.9 Å². The number of fused-ring (bicyclic) bond motifs is 14. The summed E-state index contributed by atoms with van der Waals surface area (Å²) < 4.78 is 25.7. The summed E-state index contributed by atoms with van der Waals surface area (Å²) in [6.45, 7) is 0. The van der Waals surface area contributed by atoms with Gasteiger partial charge in [-0.3, -0.25) is 0 Å². The molecule has 0 saturated carbocycles. The Bertz CT molecular complexity index is 3470. The molecule has 2 N–H and O–H groups in total. The summed E-state index contributed by atoms with van der Waals surface area (Å²) in [4.78, 5) is 0. The van der Waals surface area contributed by atoms with Gasteiger partial charge in [-0.1, -0.05) is 101 Å². The second-order valence-corrected chi connectivity index (χ2v) is 14.9. The van der Waals surface area contributed by atoms with Crippen molar-refractivity contribution in [2.45, 2.75) is 0 Å². The van der Waals surface area contributed by atoms with Crippen molar-refractivity contribution in [3.8, 4) is 22.3 Å². The van der Waals surface area contributed by atoms with Crippen LogP contribution in [0.5, 0.6) is 0 Å². The van der Waals surface area contributed by atoms with Crippen LogP contribution < -0.4 is 5.46 Å². The first-order valence-corrected chi connectivity index (χ1v) is 19.0. The highest BCUT2D eigenvalue weighted by Crippen LogP contribution is 2.41. The summed E-state index contributed by atoms with van der Waals surface area (Å²) in [6, 6.07) is 52.7. The molecule has 0 atom stereocenters. The molecule has 0 spiro atoms. The monoisotopic (exact) mass is 790 g/mol. The van der Waals surface area contributed by atoms with E-state index in [1.54, 1.807) is 18.2 Å². The Balaban J connectivity index is 0.000000130. The molecule has 8 heteroatoms. The minimum absolute atomic E-state index is 0.428. The van der Waals surface area contributed by atoms with Crippen molar-refractivity contribution < 1.29 is 27.7 Å². The lowest BCUT2D eigenvalue weighted by atomic mass is 9.80. The molecule has 8 aromatic carbocycles. The summed E-state index contributed by atoms with van der Waals surface area (Å²) in [7, 11) is -1.52. The maximum Gasteiger partial charge on any atom is 0.488 e. The zero-order chi connectivity index (χ0) is 37.5. The lowest BCUT2D eigenvalue weighted by Gasteiger charge is -2.01. The smallest absolute Gasteiger partial charge is 0.452 e. The third-order valence-electron chi connectivity index (χ3n) is 10.6. The molecule has 0 fully saturated rings. The molecular formula is C48H28BBrO6. The molecule has 0 bridgehead atoms. The standard InChI is InChI=1S/C24H15BO4.C24H13BrO2/c26-25(27)16-7-11-22-20(13-16)18-9-8-17-19-12-15(14-4-2-1-3-5-14)6-10-21(19)28-23(17)24(18)29-22;25-16-7-11-22-20(13-16)18-9-8-17-19-12-15(14-4-2-1-3-5-14)6-10-21(19)26-23(17)24(18)27-22/h1-13,26-27H;1-13H. The van der Waals surface area contributed by atoms with E-state index in [1.165, 1.54) is 11.1 Å². The largest absolute Gasteiger partial charge is 0.488 e. The lowest BCUT2D eigenvalue weighted by molar-refractivity contribution is 0.426. The van der Waals surface area contributed by atoms with Gasteiger partial charge < -0.3 is 27.7 Å². The van der Waals surface area contributed by atoms with Crippen LogP contribution in [0.15, 0.2) is 180 Å². The van der Waals surface area contributed by atoms with E-state index in [1.807, 2.05) is 60.7 Å². The Hall–Kier alpha value is -6.58. The molecule has 266 valence electrons. The first-order valence-electron chi connectivity index (χ1n) is 18.2. The molecule has 4 aromatic heterocycles. The molecule has 4 heterocycles. The van der Waals surface area contributed by atoms with Crippen LogP contribution in [0.4, 0.5) is 0 Å². The van der Waals surface area contributed by atoms with Gasteiger partial charge in [0.2, 0.25) is 0 Å². The molecule has 56 heavy (non-hydrogen) atoms. The third kappa shape index (κ3) is 5.26. The van der Waals surface area contributed by atoms with Crippen molar-refractivity contribution in [1.29, 1.82) is 0 Å². The van der Waals surface area contributed by atoms with E-state index in [0.29, 0.717) is 22.2 Å². The Morgan fingerprint density at radius 2 is 0.714 bits per heavy atom. The molecule has 0 aliphatic heterocycles. The molecule has 12 rings (SSSR count). The zero-order valence-corrected chi connectivity index (χ0v) is 31.1. The molecule has 0 aliphatic rings. The Labute approximate surface area is 327 Å². The maximum absolute atomic E-state index is 9.49. The minimum atomic E-state index is -1.52.